The van der Waals surface area contributed by atoms with Crippen molar-refractivity contribution in [2.75, 3.05) is 0 Å². The number of aryl methyl sites for hydroxylation is 1. The Morgan fingerprint density at radius 1 is 1.28 bits per heavy atom. The first kappa shape index (κ1) is 13.0. The van der Waals surface area contributed by atoms with Crippen molar-refractivity contribution in [2.45, 2.75) is 19.4 Å². The van der Waals surface area contributed by atoms with E-state index in [2.05, 4.69) is 35.5 Å². The zero-order valence-corrected chi connectivity index (χ0v) is 11.0. The van der Waals surface area contributed by atoms with Gasteiger partial charge in [0, 0.05) is 6.20 Å². The van der Waals surface area contributed by atoms with Gasteiger partial charge in [0.25, 0.3) is 0 Å². The van der Waals surface area contributed by atoms with Gasteiger partial charge in [-0.1, -0.05) is 48.9 Å². The van der Waals surface area contributed by atoms with E-state index >= 15 is 0 Å². The number of halogens is 1. The molecule has 0 aliphatic carbocycles. The van der Waals surface area contributed by atoms with E-state index in [4.69, 9.17) is 17.4 Å². The van der Waals surface area contributed by atoms with Crippen LogP contribution in [0.2, 0.25) is 5.15 Å². The largest absolute Gasteiger partial charge is 0.271 e. The number of hydrogen-bond acceptors (Lipinski definition) is 3. The van der Waals surface area contributed by atoms with Crippen LogP contribution in [0.4, 0.5) is 0 Å². The molecule has 1 unspecified atom stereocenters. The molecule has 2 aromatic rings. The van der Waals surface area contributed by atoms with Crippen LogP contribution in [0, 0.1) is 0 Å². The average molecular weight is 262 g/mol. The van der Waals surface area contributed by atoms with Gasteiger partial charge in [-0.25, -0.2) is 10.4 Å². The molecule has 94 valence electrons. The molecule has 0 fully saturated rings. The van der Waals surface area contributed by atoms with Gasteiger partial charge in [-0.2, -0.15) is 0 Å². The minimum absolute atomic E-state index is 0.0683. The van der Waals surface area contributed by atoms with E-state index in [1.165, 1.54) is 5.56 Å². The van der Waals surface area contributed by atoms with Crippen LogP contribution in [-0.2, 0) is 6.42 Å². The van der Waals surface area contributed by atoms with Crippen molar-refractivity contribution in [1.82, 2.24) is 10.4 Å². The highest BCUT2D eigenvalue weighted by atomic mass is 35.5. The van der Waals surface area contributed by atoms with E-state index in [9.17, 15) is 0 Å². The molecule has 3 nitrogen and oxygen atoms in total. The van der Waals surface area contributed by atoms with Crippen molar-refractivity contribution in [3.63, 3.8) is 0 Å². The molecule has 4 heteroatoms. The second-order valence-corrected chi connectivity index (χ2v) is 4.50. The normalized spacial score (nSPS) is 12.4. The maximum absolute atomic E-state index is 5.79. The number of nitrogens with zero attached hydrogens (tertiary/aromatic N) is 1. The Morgan fingerprint density at radius 3 is 2.72 bits per heavy atom. The first-order valence-corrected chi connectivity index (χ1v) is 6.28. The molecular formula is C14H16ClN3. The second-order valence-electron chi connectivity index (χ2n) is 4.11. The number of aromatic nitrogens is 1. The lowest BCUT2D eigenvalue weighted by molar-refractivity contribution is 0.634. The van der Waals surface area contributed by atoms with Crippen LogP contribution < -0.4 is 11.3 Å². The summed E-state index contributed by atoms with van der Waals surface area (Å²) >= 11 is 5.79. The minimum Gasteiger partial charge on any atom is -0.271 e. The van der Waals surface area contributed by atoms with Crippen LogP contribution in [0.3, 0.4) is 0 Å². The quantitative estimate of drug-likeness (QED) is 0.506. The summed E-state index contributed by atoms with van der Waals surface area (Å²) in [5, 5.41) is 0.483. The van der Waals surface area contributed by atoms with Crippen molar-refractivity contribution < 1.29 is 0 Å². The zero-order valence-electron chi connectivity index (χ0n) is 10.2. The van der Waals surface area contributed by atoms with Gasteiger partial charge in [0.15, 0.2) is 0 Å². The van der Waals surface area contributed by atoms with E-state index in [1.54, 1.807) is 12.3 Å². The van der Waals surface area contributed by atoms with E-state index < -0.39 is 0 Å². The molecule has 1 atom stereocenters. The fraction of sp³-hybridized carbons (Fsp3) is 0.214. The summed E-state index contributed by atoms with van der Waals surface area (Å²) in [5.41, 5.74) is 6.23. The van der Waals surface area contributed by atoms with Crippen LogP contribution in [0.5, 0.6) is 0 Å². The van der Waals surface area contributed by atoms with Gasteiger partial charge in [-0.15, -0.1) is 0 Å². The Bertz CT molecular complexity index is 511. The summed E-state index contributed by atoms with van der Waals surface area (Å²) in [7, 11) is 0. The Morgan fingerprint density at radius 2 is 2.11 bits per heavy atom. The first-order chi connectivity index (χ1) is 8.74. The molecule has 0 radical (unpaired) electrons. The molecule has 2 rings (SSSR count). The van der Waals surface area contributed by atoms with Crippen LogP contribution >= 0.6 is 11.6 Å². The number of pyridine rings is 1. The highest BCUT2D eigenvalue weighted by molar-refractivity contribution is 6.29. The second kappa shape index (κ2) is 5.96. The molecule has 0 amide bonds. The fourth-order valence-electron chi connectivity index (χ4n) is 1.94. The molecule has 0 spiro atoms. The van der Waals surface area contributed by atoms with E-state index in [-0.39, 0.29) is 6.04 Å². The molecule has 1 aromatic carbocycles. The molecular weight excluding hydrogens is 246 g/mol. The van der Waals surface area contributed by atoms with Crippen molar-refractivity contribution in [2.24, 2.45) is 5.84 Å². The minimum atomic E-state index is -0.0683. The third-order valence-corrected chi connectivity index (χ3v) is 3.17. The fourth-order valence-corrected chi connectivity index (χ4v) is 2.05. The SMILES string of the molecule is CCc1cccc(C(NN)c2ccc(Cl)nc2)c1. The summed E-state index contributed by atoms with van der Waals surface area (Å²) < 4.78 is 0. The van der Waals surface area contributed by atoms with Gasteiger partial charge in [0.1, 0.15) is 5.15 Å². The van der Waals surface area contributed by atoms with Gasteiger partial charge < -0.3 is 0 Å². The number of hydrazine groups is 1. The Balaban J connectivity index is 2.35. The predicted molar refractivity (Wildman–Crippen MR) is 74.2 cm³/mol. The predicted octanol–water partition coefficient (Wildman–Crippen LogP) is 2.85. The molecule has 1 aromatic heterocycles. The summed E-state index contributed by atoms with van der Waals surface area (Å²) in [4.78, 5) is 4.09. The maximum Gasteiger partial charge on any atom is 0.129 e. The highest BCUT2D eigenvalue weighted by Crippen LogP contribution is 2.22. The molecule has 0 bridgehead atoms. The van der Waals surface area contributed by atoms with Gasteiger partial charge in [0.2, 0.25) is 0 Å². The van der Waals surface area contributed by atoms with Crippen molar-refractivity contribution in [3.05, 3.63) is 64.4 Å². The maximum atomic E-state index is 5.79. The lowest BCUT2D eigenvalue weighted by Gasteiger charge is -2.17. The lowest BCUT2D eigenvalue weighted by Crippen LogP contribution is -2.29. The van der Waals surface area contributed by atoms with Gasteiger partial charge >= 0.3 is 0 Å². The molecule has 0 saturated heterocycles. The third-order valence-electron chi connectivity index (χ3n) is 2.94. The molecule has 0 saturated carbocycles. The monoisotopic (exact) mass is 261 g/mol. The molecule has 3 N–H and O–H groups in total. The number of hydrogen-bond donors (Lipinski definition) is 2. The van der Waals surface area contributed by atoms with Gasteiger partial charge in [-0.05, 0) is 29.2 Å². The zero-order chi connectivity index (χ0) is 13.0. The number of rotatable bonds is 4. The van der Waals surface area contributed by atoms with Crippen molar-refractivity contribution in [1.29, 1.82) is 0 Å². The van der Waals surface area contributed by atoms with E-state index in [0.29, 0.717) is 5.15 Å². The summed E-state index contributed by atoms with van der Waals surface area (Å²) in [5.74, 6) is 5.66. The van der Waals surface area contributed by atoms with Crippen LogP contribution in [-0.4, -0.2) is 4.98 Å². The Hall–Kier alpha value is -1.42. The summed E-state index contributed by atoms with van der Waals surface area (Å²) in [6.07, 6.45) is 2.75. The number of nitrogens with two attached hydrogens (primary N) is 1. The van der Waals surface area contributed by atoms with Gasteiger partial charge in [-0.3, -0.25) is 5.84 Å². The van der Waals surface area contributed by atoms with Crippen LogP contribution in [0.1, 0.15) is 29.7 Å². The molecule has 0 aliphatic heterocycles. The smallest absolute Gasteiger partial charge is 0.129 e. The first-order valence-electron chi connectivity index (χ1n) is 5.91. The molecule has 0 aliphatic rings. The molecule has 18 heavy (non-hydrogen) atoms. The average Bonchev–Trinajstić information content (AvgIpc) is 2.42. The number of benzene rings is 1. The number of nitrogens with one attached hydrogen (secondary N) is 1. The van der Waals surface area contributed by atoms with Crippen LogP contribution in [0.25, 0.3) is 0 Å². The van der Waals surface area contributed by atoms with Crippen molar-refractivity contribution >= 4 is 11.6 Å². The Labute approximate surface area is 112 Å². The topological polar surface area (TPSA) is 50.9 Å². The lowest BCUT2D eigenvalue weighted by atomic mass is 9.98. The summed E-state index contributed by atoms with van der Waals surface area (Å²) in [6.45, 7) is 2.13. The molecule has 1 heterocycles. The Kier molecular flexibility index (Phi) is 4.31. The third kappa shape index (κ3) is 2.88. The van der Waals surface area contributed by atoms with E-state index in [1.807, 2.05) is 12.1 Å². The van der Waals surface area contributed by atoms with Gasteiger partial charge in [0.05, 0.1) is 6.04 Å². The standard InChI is InChI=1S/C14H16ClN3/c1-2-10-4-3-5-11(8-10)14(18-16)12-6-7-13(15)17-9-12/h3-9,14,18H,2,16H2,1H3. The highest BCUT2D eigenvalue weighted by Gasteiger charge is 2.12. The summed E-state index contributed by atoms with van der Waals surface area (Å²) in [6, 6.07) is 12.0. The van der Waals surface area contributed by atoms with Crippen LogP contribution in [0.15, 0.2) is 42.6 Å². The van der Waals surface area contributed by atoms with E-state index in [0.717, 1.165) is 17.5 Å². The van der Waals surface area contributed by atoms with Crippen molar-refractivity contribution in [3.8, 4) is 0 Å².